The second-order valence-electron chi connectivity index (χ2n) is 2.66. The molecule has 1 heteroatoms. The number of aldehydes is 1. The van der Waals surface area contributed by atoms with Crippen LogP contribution in [-0.4, -0.2) is 6.29 Å². The van der Waals surface area contributed by atoms with E-state index < -0.39 is 0 Å². The van der Waals surface area contributed by atoms with Crippen LogP contribution in [0.4, 0.5) is 0 Å². The van der Waals surface area contributed by atoms with Gasteiger partial charge in [0.05, 0.1) is 0 Å². The van der Waals surface area contributed by atoms with Gasteiger partial charge in [-0.05, 0) is 18.4 Å². The molecule has 0 atom stereocenters. The van der Waals surface area contributed by atoms with Gasteiger partial charge in [-0.1, -0.05) is 32.1 Å². The first-order valence-corrected chi connectivity index (χ1v) is 3.47. The summed E-state index contributed by atoms with van der Waals surface area (Å²) in [5.41, 5.74) is 0.761. The summed E-state index contributed by atoms with van der Waals surface area (Å²) in [5.74, 6) is 0.552. The Bertz CT molecular complexity index is 152. The number of allylic oxidation sites excluding steroid dienone is 4. The molecular weight excluding hydrogens is 124 g/mol. The van der Waals surface area contributed by atoms with Crippen molar-refractivity contribution in [1.82, 2.24) is 0 Å². The van der Waals surface area contributed by atoms with E-state index in [2.05, 4.69) is 13.8 Å². The lowest BCUT2D eigenvalue weighted by Gasteiger charge is -1.89. The Morgan fingerprint density at radius 2 is 2.00 bits per heavy atom. The van der Waals surface area contributed by atoms with E-state index in [1.165, 1.54) is 0 Å². The van der Waals surface area contributed by atoms with Crippen LogP contribution in [0.3, 0.4) is 0 Å². The third-order valence-corrected chi connectivity index (χ3v) is 1.04. The molecule has 0 rings (SSSR count). The fourth-order valence-corrected chi connectivity index (χ4v) is 0.469. The van der Waals surface area contributed by atoms with Crippen LogP contribution in [0.2, 0.25) is 0 Å². The molecule has 0 aliphatic rings. The highest BCUT2D eigenvalue weighted by atomic mass is 16.1. The van der Waals surface area contributed by atoms with Crippen LogP contribution in [0.1, 0.15) is 20.8 Å². The Labute approximate surface area is 62.4 Å². The summed E-state index contributed by atoms with van der Waals surface area (Å²) in [6, 6.07) is 0. The molecule has 0 spiro atoms. The van der Waals surface area contributed by atoms with E-state index in [0.717, 1.165) is 11.9 Å². The normalized spacial score (nSPS) is 13.0. The second-order valence-corrected chi connectivity index (χ2v) is 2.66. The highest BCUT2D eigenvalue weighted by Crippen LogP contribution is 1.95. The van der Waals surface area contributed by atoms with Gasteiger partial charge in [0.25, 0.3) is 0 Å². The second kappa shape index (κ2) is 4.98. The van der Waals surface area contributed by atoms with Gasteiger partial charge in [-0.15, -0.1) is 0 Å². The highest BCUT2D eigenvalue weighted by molar-refractivity contribution is 5.72. The summed E-state index contributed by atoms with van der Waals surface area (Å²) in [7, 11) is 0. The molecule has 0 saturated heterocycles. The third kappa shape index (κ3) is 5.29. The first-order chi connectivity index (χ1) is 4.66. The Balaban J connectivity index is 3.81. The van der Waals surface area contributed by atoms with Crippen LogP contribution in [0.5, 0.6) is 0 Å². The number of carbonyl (C=O) groups is 1. The quantitative estimate of drug-likeness (QED) is 0.332. The maximum Gasteiger partial charge on any atom is 0.145 e. The van der Waals surface area contributed by atoms with Crippen molar-refractivity contribution in [2.75, 3.05) is 0 Å². The minimum absolute atomic E-state index is 0.552. The Morgan fingerprint density at radius 3 is 2.40 bits per heavy atom. The largest absolute Gasteiger partial charge is 0.298 e. The number of hydrogen-bond donors (Lipinski definition) is 0. The zero-order chi connectivity index (χ0) is 7.98. The summed E-state index contributed by atoms with van der Waals surface area (Å²) in [6.45, 7) is 5.98. The van der Waals surface area contributed by atoms with Crippen molar-refractivity contribution in [3.05, 3.63) is 23.8 Å². The topological polar surface area (TPSA) is 17.1 Å². The van der Waals surface area contributed by atoms with Crippen LogP contribution < -0.4 is 0 Å². The first kappa shape index (κ1) is 9.15. The Hall–Kier alpha value is -0.850. The highest BCUT2D eigenvalue weighted by Gasteiger charge is 1.81. The molecule has 0 fully saturated rings. The van der Waals surface area contributed by atoms with Crippen molar-refractivity contribution < 1.29 is 4.79 Å². The van der Waals surface area contributed by atoms with Crippen LogP contribution in [-0.2, 0) is 4.79 Å². The molecule has 0 aliphatic heterocycles. The molecule has 0 saturated carbocycles. The third-order valence-electron chi connectivity index (χ3n) is 1.04. The molecule has 0 amide bonds. The van der Waals surface area contributed by atoms with Gasteiger partial charge in [-0.3, -0.25) is 4.79 Å². The average Bonchev–Trinajstić information content (AvgIpc) is 1.87. The summed E-state index contributed by atoms with van der Waals surface area (Å²) in [5, 5.41) is 0. The fourth-order valence-electron chi connectivity index (χ4n) is 0.469. The SMILES string of the molecule is C/C(C=O)=C\C=C\C(C)C. The van der Waals surface area contributed by atoms with Crippen LogP contribution in [0.15, 0.2) is 23.8 Å². The van der Waals surface area contributed by atoms with E-state index in [4.69, 9.17) is 0 Å². The molecule has 0 aromatic rings. The van der Waals surface area contributed by atoms with Gasteiger partial charge < -0.3 is 0 Å². The molecule has 56 valence electrons. The predicted molar refractivity (Wildman–Crippen MR) is 43.8 cm³/mol. The number of hydrogen-bond acceptors (Lipinski definition) is 1. The molecule has 0 aliphatic carbocycles. The number of rotatable bonds is 3. The molecule has 0 aromatic carbocycles. The van der Waals surface area contributed by atoms with Crippen LogP contribution >= 0.6 is 0 Å². The van der Waals surface area contributed by atoms with Crippen molar-refractivity contribution in [2.45, 2.75) is 20.8 Å². The average molecular weight is 138 g/mol. The summed E-state index contributed by atoms with van der Waals surface area (Å²) >= 11 is 0. The maximum absolute atomic E-state index is 10.1. The molecule has 0 unspecified atom stereocenters. The lowest BCUT2D eigenvalue weighted by atomic mass is 10.2. The van der Waals surface area contributed by atoms with Gasteiger partial charge in [-0.25, -0.2) is 0 Å². The smallest absolute Gasteiger partial charge is 0.145 e. The van der Waals surface area contributed by atoms with Crippen LogP contribution in [0.25, 0.3) is 0 Å². The standard InChI is InChI=1S/C9H14O/c1-8(2)5-4-6-9(3)7-10/h4-8H,1-3H3/b5-4+,9-6+. The van der Waals surface area contributed by atoms with E-state index in [0.29, 0.717) is 5.92 Å². The zero-order valence-corrected chi connectivity index (χ0v) is 6.79. The van der Waals surface area contributed by atoms with Crippen molar-refractivity contribution in [3.8, 4) is 0 Å². The van der Waals surface area contributed by atoms with Crippen molar-refractivity contribution in [2.24, 2.45) is 5.92 Å². The Morgan fingerprint density at radius 1 is 1.40 bits per heavy atom. The van der Waals surface area contributed by atoms with Gasteiger partial charge >= 0.3 is 0 Å². The molecular formula is C9H14O. The molecule has 0 radical (unpaired) electrons. The lowest BCUT2D eigenvalue weighted by molar-refractivity contribution is -0.104. The zero-order valence-electron chi connectivity index (χ0n) is 6.79. The molecule has 0 bridgehead atoms. The van der Waals surface area contributed by atoms with Gasteiger partial charge in [-0.2, -0.15) is 0 Å². The van der Waals surface area contributed by atoms with Crippen molar-refractivity contribution in [3.63, 3.8) is 0 Å². The van der Waals surface area contributed by atoms with Crippen molar-refractivity contribution >= 4 is 6.29 Å². The van der Waals surface area contributed by atoms with Gasteiger partial charge in [0.2, 0.25) is 0 Å². The summed E-state index contributed by atoms with van der Waals surface area (Å²) in [6.07, 6.45) is 6.62. The van der Waals surface area contributed by atoms with Crippen LogP contribution in [0, 0.1) is 5.92 Å². The van der Waals surface area contributed by atoms with Gasteiger partial charge in [0.15, 0.2) is 0 Å². The summed E-state index contributed by atoms with van der Waals surface area (Å²) < 4.78 is 0. The first-order valence-electron chi connectivity index (χ1n) is 3.47. The van der Waals surface area contributed by atoms with Gasteiger partial charge in [0.1, 0.15) is 6.29 Å². The maximum atomic E-state index is 10.1. The van der Waals surface area contributed by atoms with E-state index >= 15 is 0 Å². The van der Waals surface area contributed by atoms with Crippen molar-refractivity contribution in [1.29, 1.82) is 0 Å². The molecule has 0 aromatic heterocycles. The van der Waals surface area contributed by atoms with Gasteiger partial charge in [0, 0.05) is 0 Å². The molecule has 0 N–H and O–H groups in total. The molecule has 10 heavy (non-hydrogen) atoms. The lowest BCUT2D eigenvalue weighted by Crippen LogP contribution is -1.77. The van der Waals surface area contributed by atoms with E-state index in [-0.39, 0.29) is 0 Å². The molecule has 0 heterocycles. The van der Waals surface area contributed by atoms with E-state index in [9.17, 15) is 4.79 Å². The van der Waals surface area contributed by atoms with E-state index in [1.54, 1.807) is 6.92 Å². The summed E-state index contributed by atoms with van der Waals surface area (Å²) in [4.78, 5) is 10.1. The minimum Gasteiger partial charge on any atom is -0.298 e. The predicted octanol–water partition coefficient (Wildman–Crippen LogP) is 2.34. The Kier molecular flexibility index (Phi) is 4.55. The minimum atomic E-state index is 0.552. The fraction of sp³-hybridized carbons (Fsp3) is 0.444. The molecule has 1 nitrogen and oxygen atoms in total. The number of carbonyl (C=O) groups excluding carboxylic acids is 1. The monoisotopic (exact) mass is 138 g/mol. The van der Waals surface area contributed by atoms with E-state index in [1.807, 2.05) is 18.2 Å².